The average Bonchev–Trinajstić information content (AvgIpc) is 2.71. The van der Waals surface area contributed by atoms with E-state index in [-0.39, 0.29) is 0 Å². The zero-order valence-electron chi connectivity index (χ0n) is 6.86. The lowest BCUT2D eigenvalue weighted by atomic mass is 10.3. The highest BCUT2D eigenvalue weighted by Gasteiger charge is 2.05. The second kappa shape index (κ2) is 3.17. The number of anilines is 1. The molecule has 4 nitrogen and oxygen atoms in total. The Balaban J connectivity index is 2.30. The van der Waals surface area contributed by atoms with Gasteiger partial charge in [-0.05, 0) is 6.07 Å². The molecule has 0 aromatic carbocycles. The summed E-state index contributed by atoms with van der Waals surface area (Å²) in [6.45, 7) is 0. The van der Waals surface area contributed by atoms with E-state index in [1.54, 1.807) is 23.6 Å². The van der Waals surface area contributed by atoms with Gasteiger partial charge in [0.1, 0.15) is 0 Å². The van der Waals surface area contributed by atoms with Crippen LogP contribution in [0.1, 0.15) is 5.56 Å². The number of hydrogen-bond acceptors (Lipinski definition) is 4. The number of hydrogen-bond donors (Lipinski definition) is 2. The number of terminal acetylenes is 1. The molecule has 0 saturated heterocycles. The molecule has 1 aliphatic heterocycles. The Kier molecular flexibility index (Phi) is 1.87. The van der Waals surface area contributed by atoms with Gasteiger partial charge in [0, 0.05) is 24.2 Å². The van der Waals surface area contributed by atoms with E-state index in [1.165, 1.54) is 0 Å². The normalized spacial score (nSPS) is 13.9. The highest BCUT2D eigenvalue weighted by Crippen LogP contribution is 2.13. The molecular weight excluding hydrogens is 164 g/mol. The van der Waals surface area contributed by atoms with Crippen LogP contribution in [0.5, 0.6) is 0 Å². The SMILES string of the molecule is C#Cc1cncc(N2C=CNN2)c1. The number of nitrogens with one attached hydrogen (secondary N) is 2. The quantitative estimate of drug-likeness (QED) is 0.600. The van der Waals surface area contributed by atoms with Crippen LogP contribution in [0, 0.1) is 12.3 Å². The van der Waals surface area contributed by atoms with Crippen LogP contribution in [0.2, 0.25) is 0 Å². The van der Waals surface area contributed by atoms with Crippen LogP contribution >= 0.6 is 0 Å². The van der Waals surface area contributed by atoms with Crippen LogP contribution in [0.25, 0.3) is 0 Å². The third-order valence-corrected chi connectivity index (χ3v) is 1.66. The lowest BCUT2D eigenvalue weighted by molar-refractivity contribution is 0.679. The maximum atomic E-state index is 5.25. The van der Waals surface area contributed by atoms with Crippen LogP contribution in [0.15, 0.2) is 30.9 Å². The predicted octanol–water partition coefficient (Wildman–Crippen LogP) is 0.363. The molecule has 2 rings (SSSR count). The van der Waals surface area contributed by atoms with Gasteiger partial charge in [0.15, 0.2) is 0 Å². The number of hydrazine groups is 2. The molecule has 0 aliphatic carbocycles. The molecule has 0 atom stereocenters. The van der Waals surface area contributed by atoms with Crippen molar-refractivity contribution in [3.8, 4) is 12.3 Å². The van der Waals surface area contributed by atoms with E-state index in [1.807, 2.05) is 12.3 Å². The van der Waals surface area contributed by atoms with Crippen molar-refractivity contribution >= 4 is 5.69 Å². The van der Waals surface area contributed by atoms with Gasteiger partial charge in [-0.25, -0.2) is 0 Å². The highest BCUT2D eigenvalue weighted by atomic mass is 15.7. The summed E-state index contributed by atoms with van der Waals surface area (Å²) in [5, 5.41) is 1.79. The molecule has 0 spiro atoms. The molecular formula is C9H8N4. The summed E-state index contributed by atoms with van der Waals surface area (Å²) in [6, 6.07) is 1.87. The first-order valence-corrected chi connectivity index (χ1v) is 3.79. The molecule has 0 unspecified atom stereocenters. The van der Waals surface area contributed by atoms with Crippen molar-refractivity contribution in [1.82, 2.24) is 15.9 Å². The third kappa shape index (κ3) is 1.45. The van der Waals surface area contributed by atoms with Crippen LogP contribution in [-0.2, 0) is 0 Å². The minimum atomic E-state index is 0.764. The van der Waals surface area contributed by atoms with Crippen molar-refractivity contribution in [3.05, 3.63) is 36.4 Å². The summed E-state index contributed by atoms with van der Waals surface area (Å²) in [5.74, 6) is 2.53. The number of rotatable bonds is 1. The fraction of sp³-hybridized carbons (Fsp3) is 0. The maximum Gasteiger partial charge on any atom is 0.0785 e. The minimum Gasteiger partial charge on any atom is -0.309 e. The van der Waals surface area contributed by atoms with Crippen LogP contribution < -0.4 is 16.0 Å². The molecule has 13 heavy (non-hydrogen) atoms. The smallest absolute Gasteiger partial charge is 0.0785 e. The second-order valence-electron chi connectivity index (χ2n) is 2.52. The molecule has 0 bridgehead atoms. The first kappa shape index (κ1) is 7.65. The fourth-order valence-electron chi connectivity index (χ4n) is 1.04. The average molecular weight is 172 g/mol. The summed E-state index contributed by atoms with van der Waals surface area (Å²) < 4.78 is 0. The number of aromatic nitrogens is 1. The van der Waals surface area contributed by atoms with Gasteiger partial charge in [-0.3, -0.25) is 9.99 Å². The Morgan fingerprint density at radius 2 is 2.38 bits per heavy atom. The molecule has 0 radical (unpaired) electrons. The largest absolute Gasteiger partial charge is 0.309 e. The predicted molar refractivity (Wildman–Crippen MR) is 50.1 cm³/mol. The topological polar surface area (TPSA) is 40.2 Å². The summed E-state index contributed by atoms with van der Waals surface area (Å²) >= 11 is 0. The summed E-state index contributed by atoms with van der Waals surface area (Å²) in [6.07, 6.45) is 12.3. The molecule has 2 heterocycles. The van der Waals surface area contributed by atoms with Crippen molar-refractivity contribution in [2.24, 2.45) is 0 Å². The Hall–Kier alpha value is -1.99. The van der Waals surface area contributed by atoms with E-state index in [9.17, 15) is 0 Å². The summed E-state index contributed by atoms with van der Waals surface area (Å²) in [5.41, 5.74) is 7.38. The highest BCUT2D eigenvalue weighted by molar-refractivity contribution is 5.51. The Labute approximate surface area is 76.2 Å². The van der Waals surface area contributed by atoms with Crippen LogP contribution in [0.4, 0.5) is 5.69 Å². The molecule has 1 aromatic heterocycles. The fourth-order valence-corrected chi connectivity index (χ4v) is 1.04. The molecule has 1 aliphatic rings. The Morgan fingerprint density at radius 1 is 1.46 bits per heavy atom. The van der Waals surface area contributed by atoms with Crippen molar-refractivity contribution in [2.75, 3.05) is 5.01 Å². The third-order valence-electron chi connectivity index (χ3n) is 1.66. The van der Waals surface area contributed by atoms with Gasteiger partial charge in [-0.15, -0.1) is 12.0 Å². The molecule has 1 aromatic rings. The van der Waals surface area contributed by atoms with E-state index in [0.717, 1.165) is 11.3 Å². The van der Waals surface area contributed by atoms with E-state index < -0.39 is 0 Å². The zero-order chi connectivity index (χ0) is 9.10. The number of pyridine rings is 1. The molecule has 4 heteroatoms. The van der Waals surface area contributed by atoms with Gasteiger partial charge in [0.05, 0.1) is 11.9 Å². The van der Waals surface area contributed by atoms with E-state index in [4.69, 9.17) is 6.42 Å². The Bertz CT molecular complexity index is 377. The van der Waals surface area contributed by atoms with E-state index in [2.05, 4.69) is 21.9 Å². The molecule has 0 saturated carbocycles. The van der Waals surface area contributed by atoms with Crippen LogP contribution in [0.3, 0.4) is 0 Å². The lowest BCUT2D eigenvalue weighted by Crippen LogP contribution is -2.35. The lowest BCUT2D eigenvalue weighted by Gasteiger charge is -2.14. The molecule has 0 amide bonds. The minimum absolute atomic E-state index is 0.764. The van der Waals surface area contributed by atoms with Crippen molar-refractivity contribution in [2.45, 2.75) is 0 Å². The standard InChI is InChI=1S/C9H8N4/c1-2-8-5-9(7-10-6-8)13-4-3-11-12-13/h1,3-7,11-12H. The maximum absolute atomic E-state index is 5.25. The molecule has 2 N–H and O–H groups in total. The second-order valence-corrected chi connectivity index (χ2v) is 2.52. The number of nitrogens with zero attached hydrogens (tertiary/aromatic N) is 2. The zero-order valence-corrected chi connectivity index (χ0v) is 6.86. The summed E-state index contributed by atoms with van der Waals surface area (Å²) in [7, 11) is 0. The van der Waals surface area contributed by atoms with Gasteiger partial charge in [0.25, 0.3) is 0 Å². The van der Waals surface area contributed by atoms with Gasteiger partial charge in [-0.1, -0.05) is 5.92 Å². The van der Waals surface area contributed by atoms with E-state index in [0.29, 0.717) is 0 Å². The van der Waals surface area contributed by atoms with Gasteiger partial charge < -0.3 is 5.43 Å². The van der Waals surface area contributed by atoms with Crippen LogP contribution in [-0.4, -0.2) is 4.98 Å². The molecule has 0 fully saturated rings. The molecule has 64 valence electrons. The first-order chi connectivity index (χ1) is 6.40. The Morgan fingerprint density at radius 3 is 3.08 bits per heavy atom. The van der Waals surface area contributed by atoms with Gasteiger partial charge in [0.2, 0.25) is 0 Å². The van der Waals surface area contributed by atoms with Crippen molar-refractivity contribution in [1.29, 1.82) is 0 Å². The van der Waals surface area contributed by atoms with Crippen molar-refractivity contribution in [3.63, 3.8) is 0 Å². The van der Waals surface area contributed by atoms with E-state index >= 15 is 0 Å². The summed E-state index contributed by atoms with van der Waals surface area (Å²) in [4.78, 5) is 4.01. The van der Waals surface area contributed by atoms with Gasteiger partial charge >= 0.3 is 0 Å². The van der Waals surface area contributed by atoms with Crippen molar-refractivity contribution < 1.29 is 0 Å². The monoisotopic (exact) mass is 172 g/mol. The van der Waals surface area contributed by atoms with Gasteiger partial charge in [-0.2, -0.15) is 0 Å². The first-order valence-electron chi connectivity index (χ1n) is 3.79.